The Labute approximate surface area is 124 Å². The molecule has 1 aromatic rings. The van der Waals surface area contributed by atoms with E-state index in [-0.39, 0.29) is 25.0 Å². The first-order chi connectivity index (χ1) is 10.1. The number of anilines is 1. The van der Waals surface area contributed by atoms with Crippen LogP contribution in [0.2, 0.25) is 0 Å². The molecule has 2 rings (SSSR count). The highest BCUT2D eigenvalue weighted by Crippen LogP contribution is 2.11. The van der Waals surface area contributed by atoms with Gasteiger partial charge in [-0.1, -0.05) is 12.1 Å². The highest BCUT2D eigenvalue weighted by molar-refractivity contribution is 5.92. The van der Waals surface area contributed by atoms with Crippen molar-refractivity contribution in [2.45, 2.75) is 13.0 Å². The predicted octanol–water partition coefficient (Wildman–Crippen LogP) is 0.807. The number of carbonyl (C=O) groups excluding carboxylic acids is 2. The Balaban J connectivity index is 1.95. The van der Waals surface area contributed by atoms with Crippen molar-refractivity contribution in [3.05, 3.63) is 29.8 Å². The van der Waals surface area contributed by atoms with Gasteiger partial charge >= 0.3 is 5.97 Å². The molecule has 1 heterocycles. The van der Waals surface area contributed by atoms with Gasteiger partial charge in [-0.25, -0.2) is 0 Å². The summed E-state index contributed by atoms with van der Waals surface area (Å²) in [5.41, 5.74) is 1.83. The van der Waals surface area contributed by atoms with Crippen LogP contribution in [0.3, 0.4) is 0 Å². The van der Waals surface area contributed by atoms with Crippen LogP contribution < -0.4 is 5.32 Å². The van der Waals surface area contributed by atoms with E-state index in [2.05, 4.69) is 5.32 Å². The number of methoxy groups -OCH3 is 1. The Bertz CT molecular complexity index is 518. The maximum absolute atomic E-state index is 12.1. The van der Waals surface area contributed by atoms with Crippen molar-refractivity contribution in [3.63, 3.8) is 0 Å². The van der Waals surface area contributed by atoms with E-state index in [1.807, 2.05) is 31.2 Å². The Kier molecular flexibility index (Phi) is 5.30. The Morgan fingerprint density at radius 2 is 2.29 bits per heavy atom. The molecule has 114 valence electrons. The third kappa shape index (κ3) is 4.27. The van der Waals surface area contributed by atoms with Crippen LogP contribution in [0.1, 0.15) is 5.56 Å². The molecule has 0 spiro atoms. The predicted molar refractivity (Wildman–Crippen MR) is 78.0 cm³/mol. The van der Waals surface area contributed by atoms with E-state index in [1.165, 1.54) is 7.11 Å². The van der Waals surface area contributed by atoms with Crippen molar-refractivity contribution in [3.8, 4) is 0 Å². The summed E-state index contributed by atoms with van der Waals surface area (Å²) in [5.74, 6) is -0.533. The SMILES string of the molecule is COC(=O)C1COCCN1CC(=O)Nc1cccc(C)c1. The van der Waals surface area contributed by atoms with Gasteiger partial charge in [0.2, 0.25) is 5.91 Å². The van der Waals surface area contributed by atoms with Crippen LogP contribution in [0.25, 0.3) is 0 Å². The fraction of sp³-hybridized carbons (Fsp3) is 0.467. The van der Waals surface area contributed by atoms with E-state index in [1.54, 1.807) is 4.90 Å². The monoisotopic (exact) mass is 292 g/mol. The molecule has 1 fully saturated rings. The van der Waals surface area contributed by atoms with Crippen molar-refractivity contribution in [1.82, 2.24) is 4.90 Å². The summed E-state index contributed by atoms with van der Waals surface area (Å²) in [5, 5.41) is 2.83. The van der Waals surface area contributed by atoms with Crippen molar-refractivity contribution in [2.75, 3.05) is 38.7 Å². The molecule has 6 heteroatoms. The minimum atomic E-state index is -0.521. The average Bonchev–Trinajstić information content (AvgIpc) is 2.47. The van der Waals surface area contributed by atoms with Crippen molar-refractivity contribution >= 4 is 17.6 Å². The summed E-state index contributed by atoms with van der Waals surface area (Å²) in [6.45, 7) is 3.39. The molecular formula is C15H20N2O4. The molecule has 1 N–H and O–H groups in total. The van der Waals surface area contributed by atoms with Gasteiger partial charge in [-0.15, -0.1) is 0 Å². The van der Waals surface area contributed by atoms with Crippen LogP contribution in [-0.2, 0) is 19.1 Å². The molecule has 1 aliphatic heterocycles. The zero-order valence-electron chi connectivity index (χ0n) is 12.3. The Morgan fingerprint density at radius 1 is 1.48 bits per heavy atom. The van der Waals surface area contributed by atoms with E-state index in [4.69, 9.17) is 9.47 Å². The van der Waals surface area contributed by atoms with Crippen LogP contribution in [0.15, 0.2) is 24.3 Å². The average molecular weight is 292 g/mol. The van der Waals surface area contributed by atoms with E-state index in [0.717, 1.165) is 11.3 Å². The number of amides is 1. The highest BCUT2D eigenvalue weighted by Gasteiger charge is 2.31. The summed E-state index contributed by atoms with van der Waals surface area (Å²) in [7, 11) is 1.34. The van der Waals surface area contributed by atoms with Crippen LogP contribution in [0.4, 0.5) is 5.69 Å². The van der Waals surface area contributed by atoms with E-state index < -0.39 is 6.04 Å². The number of morpholine rings is 1. The first-order valence-electron chi connectivity index (χ1n) is 6.86. The molecule has 1 saturated heterocycles. The number of carbonyl (C=O) groups is 2. The number of nitrogens with zero attached hydrogens (tertiary/aromatic N) is 1. The van der Waals surface area contributed by atoms with Crippen LogP contribution in [0, 0.1) is 6.92 Å². The number of hydrogen-bond acceptors (Lipinski definition) is 5. The molecule has 1 atom stereocenters. The lowest BCUT2D eigenvalue weighted by molar-refractivity contribution is -0.153. The zero-order valence-corrected chi connectivity index (χ0v) is 12.3. The van der Waals surface area contributed by atoms with E-state index >= 15 is 0 Å². The molecule has 0 aliphatic carbocycles. The number of nitrogens with one attached hydrogen (secondary N) is 1. The molecule has 0 saturated carbocycles. The normalized spacial score (nSPS) is 19.0. The minimum absolute atomic E-state index is 0.136. The fourth-order valence-corrected chi connectivity index (χ4v) is 2.29. The molecular weight excluding hydrogens is 272 g/mol. The second kappa shape index (κ2) is 7.19. The largest absolute Gasteiger partial charge is 0.468 e. The molecule has 0 radical (unpaired) electrons. The third-order valence-corrected chi connectivity index (χ3v) is 3.36. The Hall–Kier alpha value is -1.92. The molecule has 0 bridgehead atoms. The number of benzene rings is 1. The van der Waals surface area contributed by atoms with Crippen LogP contribution in [0.5, 0.6) is 0 Å². The van der Waals surface area contributed by atoms with Gasteiger partial charge in [0.1, 0.15) is 6.04 Å². The lowest BCUT2D eigenvalue weighted by atomic mass is 10.2. The molecule has 0 aromatic heterocycles. The summed E-state index contributed by atoms with van der Waals surface area (Å²) in [4.78, 5) is 25.6. The van der Waals surface area contributed by atoms with Gasteiger partial charge in [-0.2, -0.15) is 0 Å². The van der Waals surface area contributed by atoms with Crippen molar-refractivity contribution in [1.29, 1.82) is 0 Å². The maximum Gasteiger partial charge on any atom is 0.325 e. The first kappa shape index (κ1) is 15.5. The third-order valence-electron chi connectivity index (χ3n) is 3.36. The topological polar surface area (TPSA) is 67.9 Å². The molecule has 21 heavy (non-hydrogen) atoms. The van der Waals surface area contributed by atoms with Gasteiger partial charge in [0.05, 0.1) is 26.9 Å². The highest BCUT2D eigenvalue weighted by atomic mass is 16.5. The number of hydrogen-bond donors (Lipinski definition) is 1. The van der Waals surface area contributed by atoms with Gasteiger partial charge in [-0.3, -0.25) is 14.5 Å². The van der Waals surface area contributed by atoms with Crippen LogP contribution >= 0.6 is 0 Å². The van der Waals surface area contributed by atoms with Gasteiger partial charge < -0.3 is 14.8 Å². The lowest BCUT2D eigenvalue weighted by Crippen LogP contribution is -2.52. The standard InChI is InChI=1S/C15H20N2O4/c1-11-4-3-5-12(8-11)16-14(18)9-17-6-7-21-10-13(17)15(19)20-2/h3-5,8,13H,6-7,9-10H2,1-2H3,(H,16,18). The maximum atomic E-state index is 12.1. The number of esters is 1. The molecule has 1 aliphatic rings. The van der Waals surface area contributed by atoms with Gasteiger partial charge in [0.15, 0.2) is 0 Å². The summed E-state index contributed by atoms with van der Waals surface area (Å²) < 4.78 is 10.0. The quantitative estimate of drug-likeness (QED) is 0.832. The van der Waals surface area contributed by atoms with Crippen molar-refractivity contribution < 1.29 is 19.1 Å². The molecule has 1 unspecified atom stereocenters. The molecule has 6 nitrogen and oxygen atoms in total. The number of aryl methyl sites for hydroxylation is 1. The van der Waals surface area contributed by atoms with Gasteiger partial charge in [0.25, 0.3) is 0 Å². The number of rotatable bonds is 4. The summed E-state index contributed by atoms with van der Waals surface area (Å²) in [6, 6.07) is 7.06. The minimum Gasteiger partial charge on any atom is -0.468 e. The molecule has 1 aromatic carbocycles. The second-order valence-corrected chi connectivity index (χ2v) is 5.00. The smallest absolute Gasteiger partial charge is 0.325 e. The fourth-order valence-electron chi connectivity index (χ4n) is 2.29. The van der Waals surface area contributed by atoms with Gasteiger partial charge in [-0.05, 0) is 24.6 Å². The van der Waals surface area contributed by atoms with E-state index in [9.17, 15) is 9.59 Å². The van der Waals surface area contributed by atoms with Crippen LogP contribution in [-0.4, -0.2) is 56.2 Å². The number of ether oxygens (including phenoxy) is 2. The van der Waals surface area contributed by atoms with Crippen molar-refractivity contribution in [2.24, 2.45) is 0 Å². The summed E-state index contributed by atoms with van der Waals surface area (Å²) >= 11 is 0. The first-order valence-corrected chi connectivity index (χ1v) is 6.86. The van der Waals surface area contributed by atoms with Gasteiger partial charge in [0, 0.05) is 12.2 Å². The summed E-state index contributed by atoms with van der Waals surface area (Å²) in [6.07, 6.45) is 0. The second-order valence-electron chi connectivity index (χ2n) is 5.00. The zero-order chi connectivity index (χ0) is 15.2. The lowest BCUT2D eigenvalue weighted by Gasteiger charge is -2.32. The molecule has 1 amide bonds. The Morgan fingerprint density at radius 3 is 3.00 bits per heavy atom. The van der Waals surface area contributed by atoms with E-state index in [0.29, 0.717) is 13.2 Å².